The summed E-state index contributed by atoms with van der Waals surface area (Å²) in [7, 11) is 1.90. The van der Waals surface area contributed by atoms with Gasteiger partial charge in [-0.25, -0.2) is 4.98 Å². The third kappa shape index (κ3) is 3.42. The fraction of sp³-hybridized carbons (Fsp3) is 0.714. The maximum atomic E-state index is 6.00. The first kappa shape index (κ1) is 13.3. The Kier molecular flexibility index (Phi) is 4.93. The minimum atomic E-state index is 0.327. The normalized spacial score (nSPS) is 23.9. The molecule has 1 aromatic heterocycles. The lowest BCUT2D eigenvalue weighted by Crippen LogP contribution is -2.30. The Morgan fingerprint density at radius 1 is 1.28 bits per heavy atom. The Bertz CT molecular complexity index is 353. The summed E-state index contributed by atoms with van der Waals surface area (Å²) in [6.45, 7) is 2.99. The topological polar surface area (TPSA) is 47.0 Å². The van der Waals surface area contributed by atoms with Gasteiger partial charge in [-0.05, 0) is 38.6 Å². The molecule has 2 rings (SSSR count). The molecule has 18 heavy (non-hydrogen) atoms. The second-order valence-corrected chi connectivity index (χ2v) is 4.99. The van der Waals surface area contributed by atoms with E-state index in [1.807, 2.05) is 7.05 Å². The lowest BCUT2D eigenvalue weighted by molar-refractivity contribution is 0.0853. The molecule has 0 amide bonds. The zero-order valence-electron chi connectivity index (χ0n) is 11.4. The van der Waals surface area contributed by atoms with E-state index < -0.39 is 0 Å². The van der Waals surface area contributed by atoms with Gasteiger partial charge in [0, 0.05) is 6.54 Å². The van der Waals surface area contributed by atoms with Crippen molar-refractivity contribution in [1.82, 2.24) is 15.3 Å². The summed E-state index contributed by atoms with van der Waals surface area (Å²) in [6.07, 6.45) is 10.1. The fourth-order valence-corrected chi connectivity index (χ4v) is 2.63. The summed E-state index contributed by atoms with van der Waals surface area (Å²) < 4.78 is 6.00. The van der Waals surface area contributed by atoms with Crippen LogP contribution in [0.3, 0.4) is 0 Å². The third-order valence-corrected chi connectivity index (χ3v) is 3.68. The summed E-state index contributed by atoms with van der Waals surface area (Å²) in [4.78, 5) is 8.67. The quantitative estimate of drug-likeness (QED) is 0.871. The molecule has 1 saturated carbocycles. The summed E-state index contributed by atoms with van der Waals surface area (Å²) in [5.41, 5.74) is 0.945. The molecule has 1 aromatic rings. The Hall–Kier alpha value is -1.16. The predicted octanol–water partition coefficient (Wildman–Crippen LogP) is 2.54. The van der Waals surface area contributed by atoms with Gasteiger partial charge in [-0.15, -0.1) is 0 Å². The Balaban J connectivity index is 1.95. The van der Waals surface area contributed by atoms with E-state index in [1.54, 1.807) is 12.4 Å². The van der Waals surface area contributed by atoms with Gasteiger partial charge in [0.15, 0.2) is 0 Å². The van der Waals surface area contributed by atoms with E-state index in [9.17, 15) is 0 Å². The standard InChI is InChI=1S/C14H23N3O/c1-3-11-6-4-5-7-13(11)18-14-10-16-12(8-15-2)9-17-14/h9-11,13,15H,3-8H2,1-2H3. The van der Waals surface area contributed by atoms with Crippen LogP contribution in [-0.2, 0) is 6.54 Å². The van der Waals surface area contributed by atoms with Crippen molar-refractivity contribution in [2.75, 3.05) is 7.05 Å². The number of rotatable bonds is 5. The molecule has 1 fully saturated rings. The highest BCUT2D eigenvalue weighted by molar-refractivity contribution is 5.08. The first-order chi connectivity index (χ1) is 8.83. The molecule has 1 heterocycles. The van der Waals surface area contributed by atoms with Crippen molar-refractivity contribution in [3.8, 4) is 5.88 Å². The highest BCUT2D eigenvalue weighted by Crippen LogP contribution is 2.29. The summed E-state index contributed by atoms with van der Waals surface area (Å²) in [5, 5.41) is 3.06. The molecule has 1 aliphatic rings. The van der Waals surface area contributed by atoms with Crippen molar-refractivity contribution >= 4 is 0 Å². The van der Waals surface area contributed by atoms with Crippen molar-refractivity contribution < 1.29 is 4.74 Å². The average molecular weight is 249 g/mol. The van der Waals surface area contributed by atoms with Crippen molar-refractivity contribution in [2.45, 2.75) is 51.7 Å². The fourth-order valence-electron chi connectivity index (χ4n) is 2.63. The van der Waals surface area contributed by atoms with Gasteiger partial charge >= 0.3 is 0 Å². The molecular weight excluding hydrogens is 226 g/mol. The van der Waals surface area contributed by atoms with Crippen LogP contribution in [0.1, 0.15) is 44.7 Å². The van der Waals surface area contributed by atoms with E-state index in [2.05, 4.69) is 22.2 Å². The number of hydrogen-bond donors (Lipinski definition) is 1. The lowest BCUT2D eigenvalue weighted by Gasteiger charge is -2.30. The minimum absolute atomic E-state index is 0.327. The Labute approximate surface area is 109 Å². The molecule has 0 spiro atoms. The Morgan fingerprint density at radius 2 is 2.11 bits per heavy atom. The molecule has 0 aromatic carbocycles. The molecule has 1 aliphatic carbocycles. The molecule has 4 heteroatoms. The molecule has 0 aliphatic heterocycles. The van der Waals surface area contributed by atoms with Crippen LogP contribution >= 0.6 is 0 Å². The second kappa shape index (κ2) is 6.69. The molecule has 2 unspecified atom stereocenters. The van der Waals surface area contributed by atoms with E-state index in [-0.39, 0.29) is 0 Å². The molecule has 1 N–H and O–H groups in total. The predicted molar refractivity (Wildman–Crippen MR) is 71.5 cm³/mol. The van der Waals surface area contributed by atoms with Crippen molar-refractivity contribution in [2.24, 2.45) is 5.92 Å². The van der Waals surface area contributed by atoms with Crippen LogP contribution in [0, 0.1) is 5.92 Å². The van der Waals surface area contributed by atoms with Crippen LogP contribution < -0.4 is 10.1 Å². The van der Waals surface area contributed by atoms with Gasteiger partial charge in [-0.1, -0.05) is 13.3 Å². The van der Waals surface area contributed by atoms with E-state index in [0.717, 1.165) is 18.7 Å². The first-order valence-electron chi connectivity index (χ1n) is 6.95. The summed E-state index contributed by atoms with van der Waals surface area (Å²) in [5.74, 6) is 1.35. The van der Waals surface area contributed by atoms with Crippen LogP contribution in [0.15, 0.2) is 12.4 Å². The van der Waals surface area contributed by atoms with Gasteiger partial charge in [0.25, 0.3) is 0 Å². The van der Waals surface area contributed by atoms with Crippen LogP contribution in [0.25, 0.3) is 0 Å². The van der Waals surface area contributed by atoms with Gasteiger partial charge < -0.3 is 10.1 Å². The number of aromatic nitrogens is 2. The van der Waals surface area contributed by atoms with Crippen molar-refractivity contribution in [1.29, 1.82) is 0 Å². The summed E-state index contributed by atoms with van der Waals surface area (Å²) in [6, 6.07) is 0. The summed E-state index contributed by atoms with van der Waals surface area (Å²) >= 11 is 0. The monoisotopic (exact) mass is 249 g/mol. The number of hydrogen-bond acceptors (Lipinski definition) is 4. The van der Waals surface area contributed by atoms with Gasteiger partial charge in [-0.3, -0.25) is 4.98 Å². The molecule has 0 radical (unpaired) electrons. The zero-order chi connectivity index (χ0) is 12.8. The minimum Gasteiger partial charge on any atom is -0.473 e. The molecule has 0 bridgehead atoms. The van der Waals surface area contributed by atoms with E-state index in [4.69, 9.17) is 4.74 Å². The van der Waals surface area contributed by atoms with E-state index in [1.165, 1.54) is 25.7 Å². The second-order valence-electron chi connectivity index (χ2n) is 4.99. The van der Waals surface area contributed by atoms with Gasteiger partial charge in [0.2, 0.25) is 5.88 Å². The van der Waals surface area contributed by atoms with Gasteiger partial charge in [0.1, 0.15) is 6.10 Å². The molecule has 4 nitrogen and oxygen atoms in total. The number of ether oxygens (including phenoxy) is 1. The van der Waals surface area contributed by atoms with Crippen LogP contribution in [0.2, 0.25) is 0 Å². The van der Waals surface area contributed by atoms with Crippen molar-refractivity contribution in [3.05, 3.63) is 18.1 Å². The largest absolute Gasteiger partial charge is 0.473 e. The number of nitrogens with zero attached hydrogens (tertiary/aromatic N) is 2. The van der Waals surface area contributed by atoms with E-state index in [0.29, 0.717) is 17.9 Å². The van der Waals surface area contributed by atoms with Crippen molar-refractivity contribution in [3.63, 3.8) is 0 Å². The maximum Gasteiger partial charge on any atom is 0.232 e. The highest BCUT2D eigenvalue weighted by Gasteiger charge is 2.25. The lowest BCUT2D eigenvalue weighted by atomic mass is 9.85. The molecule has 2 atom stereocenters. The first-order valence-corrected chi connectivity index (χ1v) is 6.95. The smallest absolute Gasteiger partial charge is 0.232 e. The van der Waals surface area contributed by atoms with Crippen LogP contribution in [0.4, 0.5) is 0 Å². The van der Waals surface area contributed by atoms with Gasteiger partial charge in [0.05, 0.1) is 18.1 Å². The third-order valence-electron chi connectivity index (χ3n) is 3.68. The average Bonchev–Trinajstić information content (AvgIpc) is 2.42. The van der Waals surface area contributed by atoms with Gasteiger partial charge in [-0.2, -0.15) is 0 Å². The molecule has 0 saturated heterocycles. The Morgan fingerprint density at radius 3 is 2.78 bits per heavy atom. The van der Waals surface area contributed by atoms with Crippen LogP contribution in [-0.4, -0.2) is 23.1 Å². The maximum absolute atomic E-state index is 6.00. The zero-order valence-corrected chi connectivity index (χ0v) is 11.4. The van der Waals surface area contributed by atoms with Crippen LogP contribution in [0.5, 0.6) is 5.88 Å². The SMILES string of the molecule is CCC1CCCCC1Oc1cnc(CNC)cn1. The number of nitrogens with one attached hydrogen (secondary N) is 1. The molecule has 100 valence electrons. The highest BCUT2D eigenvalue weighted by atomic mass is 16.5. The molecular formula is C14H23N3O. The van der Waals surface area contributed by atoms with E-state index >= 15 is 0 Å².